The summed E-state index contributed by atoms with van der Waals surface area (Å²) in [5.41, 5.74) is 0. The lowest BCUT2D eigenvalue weighted by Crippen LogP contribution is -2.33. The van der Waals surface area contributed by atoms with Gasteiger partial charge in [-0.05, 0) is 30.6 Å². The average molecular weight is 183 g/mol. The van der Waals surface area contributed by atoms with Crippen molar-refractivity contribution in [2.45, 2.75) is 31.7 Å². The van der Waals surface area contributed by atoms with E-state index in [2.05, 4.69) is 17.9 Å². The first-order valence-corrected chi connectivity index (χ1v) is 4.90. The molecule has 1 fully saturated rings. The summed E-state index contributed by atoms with van der Waals surface area (Å²) >= 11 is 4.25. The van der Waals surface area contributed by atoms with Crippen LogP contribution in [0.15, 0.2) is 11.0 Å². The van der Waals surface area contributed by atoms with E-state index in [9.17, 15) is 4.79 Å². The molecule has 0 aromatic heterocycles. The summed E-state index contributed by atoms with van der Waals surface area (Å²) in [6.45, 7) is 0. The summed E-state index contributed by atoms with van der Waals surface area (Å²) in [4.78, 5) is 12.4. The number of rotatable bonds is 2. The van der Waals surface area contributed by atoms with Gasteiger partial charge in [0.25, 0.3) is 0 Å². The van der Waals surface area contributed by atoms with Gasteiger partial charge in [0.1, 0.15) is 0 Å². The molecule has 2 aliphatic carbocycles. The van der Waals surface area contributed by atoms with Crippen molar-refractivity contribution in [2.24, 2.45) is 5.92 Å². The van der Waals surface area contributed by atoms with Crippen LogP contribution in [0.5, 0.6) is 0 Å². The average Bonchev–Trinajstić information content (AvgIpc) is 2.78. The van der Waals surface area contributed by atoms with Crippen LogP contribution in [0.2, 0.25) is 0 Å². The zero-order valence-electron chi connectivity index (χ0n) is 6.92. The fourth-order valence-corrected chi connectivity index (χ4v) is 1.77. The first kappa shape index (κ1) is 8.17. The van der Waals surface area contributed by atoms with Gasteiger partial charge in [-0.3, -0.25) is 4.79 Å². The quantitative estimate of drug-likeness (QED) is 0.624. The molecule has 0 saturated heterocycles. The van der Waals surface area contributed by atoms with Crippen molar-refractivity contribution >= 4 is 18.5 Å². The predicted molar refractivity (Wildman–Crippen MR) is 51.0 cm³/mol. The van der Waals surface area contributed by atoms with Crippen LogP contribution in [-0.4, -0.2) is 11.9 Å². The molecule has 1 amide bonds. The highest BCUT2D eigenvalue weighted by atomic mass is 32.1. The van der Waals surface area contributed by atoms with Gasteiger partial charge < -0.3 is 5.32 Å². The van der Waals surface area contributed by atoms with Gasteiger partial charge in [0, 0.05) is 12.0 Å². The number of nitrogens with one attached hydrogen (secondary N) is 1. The number of carbonyl (C=O) groups is 1. The topological polar surface area (TPSA) is 29.1 Å². The van der Waals surface area contributed by atoms with E-state index >= 15 is 0 Å². The van der Waals surface area contributed by atoms with E-state index in [1.165, 1.54) is 0 Å². The lowest BCUT2D eigenvalue weighted by atomic mass is 10.2. The molecule has 0 bridgehead atoms. The van der Waals surface area contributed by atoms with Crippen LogP contribution < -0.4 is 5.32 Å². The molecule has 66 valence electrons. The minimum Gasteiger partial charge on any atom is -0.350 e. The van der Waals surface area contributed by atoms with Crippen molar-refractivity contribution in [3.8, 4) is 0 Å². The van der Waals surface area contributed by atoms with E-state index in [0.717, 1.165) is 30.6 Å². The third-order valence-electron chi connectivity index (χ3n) is 2.38. The maximum Gasteiger partial charge on any atom is 0.223 e. The van der Waals surface area contributed by atoms with Gasteiger partial charge in [0.2, 0.25) is 5.91 Å². The Hall–Kier alpha value is -0.440. The van der Waals surface area contributed by atoms with E-state index in [0.29, 0.717) is 5.92 Å². The molecule has 0 aliphatic heterocycles. The Bertz CT molecular complexity index is 233. The summed E-state index contributed by atoms with van der Waals surface area (Å²) in [6, 6.07) is 0.255. The van der Waals surface area contributed by atoms with Crippen LogP contribution in [0, 0.1) is 5.92 Å². The third kappa shape index (κ3) is 1.83. The van der Waals surface area contributed by atoms with E-state index in [1.807, 2.05) is 6.08 Å². The Balaban J connectivity index is 1.82. The minimum absolute atomic E-state index is 0.235. The summed E-state index contributed by atoms with van der Waals surface area (Å²) in [7, 11) is 0. The standard InChI is InChI=1S/C9H13NOS/c11-9(6-1-2-6)10-7-3-4-8(12)5-7/h5-7,12H,1-4H2,(H,10,11). The van der Waals surface area contributed by atoms with Crippen molar-refractivity contribution < 1.29 is 4.79 Å². The summed E-state index contributed by atoms with van der Waals surface area (Å²) < 4.78 is 0. The van der Waals surface area contributed by atoms with Crippen molar-refractivity contribution in [1.82, 2.24) is 5.32 Å². The van der Waals surface area contributed by atoms with Gasteiger partial charge in [-0.25, -0.2) is 0 Å². The maximum absolute atomic E-state index is 11.3. The second-order valence-corrected chi connectivity index (χ2v) is 4.16. The highest BCUT2D eigenvalue weighted by molar-refractivity contribution is 7.84. The molecule has 2 rings (SSSR count). The fraction of sp³-hybridized carbons (Fsp3) is 0.667. The SMILES string of the molecule is O=C(NC1C=C(S)CC1)C1CC1. The van der Waals surface area contributed by atoms with E-state index < -0.39 is 0 Å². The number of allylic oxidation sites excluding steroid dienone is 1. The van der Waals surface area contributed by atoms with Crippen molar-refractivity contribution in [3.05, 3.63) is 11.0 Å². The lowest BCUT2D eigenvalue weighted by Gasteiger charge is -2.08. The molecule has 0 aromatic rings. The fourth-order valence-electron chi connectivity index (χ4n) is 1.46. The Kier molecular flexibility index (Phi) is 2.13. The van der Waals surface area contributed by atoms with Gasteiger partial charge in [-0.2, -0.15) is 0 Å². The Morgan fingerprint density at radius 2 is 2.25 bits per heavy atom. The molecule has 3 heteroatoms. The van der Waals surface area contributed by atoms with Crippen LogP contribution in [0.3, 0.4) is 0 Å². The first-order chi connectivity index (χ1) is 5.75. The van der Waals surface area contributed by atoms with E-state index in [1.54, 1.807) is 0 Å². The highest BCUT2D eigenvalue weighted by Gasteiger charge is 2.31. The summed E-state index contributed by atoms with van der Waals surface area (Å²) in [6.07, 6.45) is 6.24. The van der Waals surface area contributed by atoms with E-state index in [4.69, 9.17) is 0 Å². The van der Waals surface area contributed by atoms with Gasteiger partial charge >= 0.3 is 0 Å². The molecule has 1 unspecified atom stereocenters. The second-order valence-electron chi connectivity index (χ2n) is 3.59. The Morgan fingerprint density at radius 1 is 1.50 bits per heavy atom. The first-order valence-electron chi connectivity index (χ1n) is 4.46. The molecule has 0 heterocycles. The third-order valence-corrected chi connectivity index (χ3v) is 2.75. The minimum atomic E-state index is 0.235. The number of hydrogen-bond donors (Lipinski definition) is 2. The van der Waals surface area contributed by atoms with Crippen LogP contribution in [0.25, 0.3) is 0 Å². The molecule has 2 nitrogen and oxygen atoms in total. The Labute approximate surface area is 77.8 Å². The number of thiol groups is 1. The van der Waals surface area contributed by atoms with Gasteiger partial charge in [0.05, 0.1) is 0 Å². The summed E-state index contributed by atoms with van der Waals surface area (Å²) in [5.74, 6) is 0.557. The molecule has 1 N–H and O–H groups in total. The monoisotopic (exact) mass is 183 g/mol. The number of amides is 1. The molecule has 0 spiro atoms. The predicted octanol–water partition coefficient (Wildman–Crippen LogP) is 1.49. The molecule has 1 saturated carbocycles. The van der Waals surface area contributed by atoms with Crippen LogP contribution in [0.4, 0.5) is 0 Å². The maximum atomic E-state index is 11.3. The molecule has 12 heavy (non-hydrogen) atoms. The highest BCUT2D eigenvalue weighted by Crippen LogP contribution is 2.30. The molecule has 0 aromatic carbocycles. The summed E-state index contributed by atoms with van der Waals surface area (Å²) in [5, 5.41) is 3.01. The van der Waals surface area contributed by atoms with Crippen molar-refractivity contribution in [2.75, 3.05) is 0 Å². The largest absolute Gasteiger partial charge is 0.350 e. The number of carbonyl (C=O) groups excluding carboxylic acids is 1. The van der Waals surface area contributed by atoms with Gasteiger partial charge in [-0.15, -0.1) is 12.6 Å². The molecular weight excluding hydrogens is 170 g/mol. The smallest absolute Gasteiger partial charge is 0.223 e. The van der Waals surface area contributed by atoms with Gasteiger partial charge in [-0.1, -0.05) is 6.08 Å². The normalized spacial score (nSPS) is 28.4. The Morgan fingerprint density at radius 3 is 2.75 bits per heavy atom. The zero-order chi connectivity index (χ0) is 8.55. The molecule has 0 radical (unpaired) electrons. The van der Waals surface area contributed by atoms with Crippen LogP contribution in [0.1, 0.15) is 25.7 Å². The zero-order valence-corrected chi connectivity index (χ0v) is 7.81. The molecule has 2 aliphatic rings. The van der Waals surface area contributed by atoms with Crippen molar-refractivity contribution in [3.63, 3.8) is 0 Å². The number of hydrogen-bond acceptors (Lipinski definition) is 2. The second kappa shape index (κ2) is 3.13. The van der Waals surface area contributed by atoms with Crippen molar-refractivity contribution in [1.29, 1.82) is 0 Å². The van der Waals surface area contributed by atoms with E-state index in [-0.39, 0.29) is 11.9 Å². The van der Waals surface area contributed by atoms with Gasteiger partial charge in [0.15, 0.2) is 0 Å². The lowest BCUT2D eigenvalue weighted by molar-refractivity contribution is -0.122. The van der Waals surface area contributed by atoms with Crippen LogP contribution in [-0.2, 0) is 4.79 Å². The molecular formula is C9H13NOS. The molecule has 1 atom stereocenters. The van der Waals surface area contributed by atoms with Crippen LogP contribution >= 0.6 is 12.6 Å².